The molecule has 2 aliphatic heterocycles. The molecule has 1 aromatic heterocycles. The van der Waals surface area contributed by atoms with Gasteiger partial charge in [-0.3, -0.25) is 4.90 Å². The van der Waals surface area contributed by atoms with Crippen molar-refractivity contribution in [2.45, 2.75) is 63.3 Å². The molecule has 1 N–H and O–H groups in total. The fourth-order valence-electron chi connectivity index (χ4n) is 4.57. The largest absolute Gasteiger partial charge is 0.464 e. The number of fused-ring (bicyclic) bond motifs is 2. The van der Waals surface area contributed by atoms with Crippen molar-refractivity contribution in [2.75, 3.05) is 6.61 Å². The molecule has 0 aliphatic carbocycles. The summed E-state index contributed by atoms with van der Waals surface area (Å²) in [7, 11) is 0. The Morgan fingerprint density at radius 1 is 1.12 bits per heavy atom. The molecule has 5 nitrogen and oxygen atoms in total. The number of nitrogens with zero attached hydrogens (tertiary/aromatic N) is 3. The molecule has 2 unspecified atom stereocenters. The highest BCUT2D eigenvalue weighted by atomic mass is 16.5. The van der Waals surface area contributed by atoms with Crippen LogP contribution in [0.15, 0.2) is 42.7 Å². The van der Waals surface area contributed by atoms with Crippen molar-refractivity contribution in [3.63, 3.8) is 0 Å². The summed E-state index contributed by atoms with van der Waals surface area (Å²) in [6, 6.07) is 11.8. The van der Waals surface area contributed by atoms with Gasteiger partial charge in [-0.05, 0) is 38.2 Å². The minimum Gasteiger partial charge on any atom is -0.464 e. The Labute approximate surface area is 155 Å². The van der Waals surface area contributed by atoms with Crippen LogP contribution in [0, 0.1) is 0 Å². The molecule has 2 aliphatic rings. The summed E-state index contributed by atoms with van der Waals surface area (Å²) in [5.41, 5.74) is 1.32. The monoisotopic (exact) mass is 353 g/mol. The van der Waals surface area contributed by atoms with E-state index in [1.807, 2.05) is 6.92 Å². The van der Waals surface area contributed by atoms with E-state index in [1.165, 1.54) is 12.0 Å². The van der Waals surface area contributed by atoms with Crippen molar-refractivity contribution in [3.05, 3.63) is 53.9 Å². The molecule has 2 aromatic rings. The van der Waals surface area contributed by atoms with Crippen LogP contribution in [0.5, 0.6) is 6.01 Å². The van der Waals surface area contributed by atoms with Crippen LogP contribution in [-0.4, -0.2) is 38.7 Å². The molecule has 138 valence electrons. The van der Waals surface area contributed by atoms with Gasteiger partial charge in [-0.1, -0.05) is 36.8 Å². The maximum Gasteiger partial charge on any atom is 0.316 e. The number of ether oxygens (including phenoxy) is 1. The van der Waals surface area contributed by atoms with E-state index in [4.69, 9.17) is 4.74 Å². The first kappa shape index (κ1) is 17.4. The SMILES string of the molecule is CCOc1ncc(C2(O)CC3CCCC(C2)N3Cc2ccccc2)cn1. The highest BCUT2D eigenvalue weighted by Crippen LogP contribution is 2.44. The summed E-state index contributed by atoms with van der Waals surface area (Å²) in [5.74, 6) is 0. The van der Waals surface area contributed by atoms with Crippen molar-refractivity contribution in [2.24, 2.45) is 0 Å². The van der Waals surface area contributed by atoms with E-state index in [0.717, 1.165) is 37.8 Å². The lowest BCUT2D eigenvalue weighted by Gasteiger charge is -2.52. The molecule has 2 atom stereocenters. The van der Waals surface area contributed by atoms with Gasteiger partial charge in [0, 0.05) is 36.6 Å². The second-order valence-electron chi connectivity index (χ2n) is 7.52. The van der Waals surface area contributed by atoms with Crippen LogP contribution in [0.2, 0.25) is 0 Å². The third-order valence-corrected chi connectivity index (χ3v) is 5.81. The number of piperidine rings is 2. The molecule has 3 heterocycles. The first-order valence-corrected chi connectivity index (χ1v) is 9.65. The highest BCUT2D eigenvalue weighted by Gasteiger charge is 2.46. The Morgan fingerprint density at radius 2 is 1.77 bits per heavy atom. The molecule has 0 saturated carbocycles. The van der Waals surface area contributed by atoms with Crippen molar-refractivity contribution >= 4 is 0 Å². The van der Waals surface area contributed by atoms with Gasteiger partial charge in [0.1, 0.15) is 0 Å². The van der Waals surface area contributed by atoms with Crippen LogP contribution in [0.25, 0.3) is 0 Å². The van der Waals surface area contributed by atoms with Crippen LogP contribution < -0.4 is 4.74 Å². The van der Waals surface area contributed by atoms with Crippen molar-refractivity contribution < 1.29 is 9.84 Å². The van der Waals surface area contributed by atoms with Crippen molar-refractivity contribution in [1.82, 2.24) is 14.9 Å². The average molecular weight is 353 g/mol. The molecule has 1 aromatic carbocycles. The second kappa shape index (κ2) is 7.33. The van der Waals surface area contributed by atoms with E-state index in [9.17, 15) is 5.11 Å². The third-order valence-electron chi connectivity index (χ3n) is 5.81. The van der Waals surface area contributed by atoms with Gasteiger partial charge in [0.25, 0.3) is 0 Å². The van der Waals surface area contributed by atoms with Crippen LogP contribution in [0.3, 0.4) is 0 Å². The van der Waals surface area contributed by atoms with Gasteiger partial charge in [-0.2, -0.15) is 0 Å². The van der Waals surface area contributed by atoms with E-state index in [-0.39, 0.29) is 0 Å². The van der Waals surface area contributed by atoms with Gasteiger partial charge in [0.15, 0.2) is 0 Å². The first-order valence-electron chi connectivity index (χ1n) is 9.65. The molecule has 4 rings (SSSR count). The Balaban J connectivity index is 1.53. The lowest BCUT2D eigenvalue weighted by Crippen LogP contribution is -2.56. The lowest BCUT2D eigenvalue weighted by molar-refractivity contribution is -0.100. The standard InChI is InChI=1S/C21H27N3O2/c1-2-26-20-22-13-17(14-23-20)21(25)11-18-9-6-10-19(12-21)24(18)15-16-7-4-3-5-8-16/h3-5,7-8,13-14,18-19,25H,2,6,9-12,15H2,1H3. The van der Waals surface area contributed by atoms with E-state index in [0.29, 0.717) is 24.7 Å². The van der Waals surface area contributed by atoms with Gasteiger partial charge in [-0.25, -0.2) is 9.97 Å². The second-order valence-corrected chi connectivity index (χ2v) is 7.52. The van der Waals surface area contributed by atoms with Gasteiger partial charge in [-0.15, -0.1) is 0 Å². The maximum atomic E-state index is 11.4. The van der Waals surface area contributed by atoms with Crippen LogP contribution in [-0.2, 0) is 12.1 Å². The quantitative estimate of drug-likeness (QED) is 0.894. The molecule has 2 saturated heterocycles. The zero-order chi connectivity index (χ0) is 18.0. The first-order chi connectivity index (χ1) is 12.7. The highest BCUT2D eigenvalue weighted by molar-refractivity contribution is 5.21. The van der Waals surface area contributed by atoms with E-state index >= 15 is 0 Å². The fraction of sp³-hybridized carbons (Fsp3) is 0.524. The van der Waals surface area contributed by atoms with Gasteiger partial charge in [0.05, 0.1) is 12.2 Å². The number of hydrogen-bond acceptors (Lipinski definition) is 5. The molecular formula is C21H27N3O2. The Bertz CT molecular complexity index is 706. The third kappa shape index (κ3) is 3.46. The molecule has 2 fully saturated rings. The Kier molecular flexibility index (Phi) is 4.92. The minimum atomic E-state index is -0.840. The Hall–Kier alpha value is -1.98. The molecule has 0 amide bonds. The van der Waals surface area contributed by atoms with E-state index in [2.05, 4.69) is 45.2 Å². The maximum absolute atomic E-state index is 11.4. The molecular weight excluding hydrogens is 326 g/mol. The Morgan fingerprint density at radius 3 is 2.38 bits per heavy atom. The summed E-state index contributed by atoms with van der Waals surface area (Å²) in [4.78, 5) is 11.1. The van der Waals surface area contributed by atoms with Crippen LogP contribution >= 0.6 is 0 Å². The van der Waals surface area contributed by atoms with Crippen LogP contribution in [0.1, 0.15) is 50.2 Å². The topological polar surface area (TPSA) is 58.5 Å². The molecule has 0 spiro atoms. The van der Waals surface area contributed by atoms with Crippen LogP contribution in [0.4, 0.5) is 0 Å². The van der Waals surface area contributed by atoms with E-state index in [1.54, 1.807) is 12.4 Å². The zero-order valence-electron chi connectivity index (χ0n) is 15.3. The number of hydrogen-bond donors (Lipinski definition) is 1. The zero-order valence-corrected chi connectivity index (χ0v) is 15.3. The smallest absolute Gasteiger partial charge is 0.316 e. The average Bonchev–Trinajstić information content (AvgIpc) is 2.64. The number of aliphatic hydroxyl groups is 1. The number of aromatic nitrogens is 2. The fourth-order valence-corrected chi connectivity index (χ4v) is 4.57. The predicted molar refractivity (Wildman–Crippen MR) is 99.7 cm³/mol. The summed E-state index contributed by atoms with van der Waals surface area (Å²) in [6.07, 6.45) is 8.49. The summed E-state index contributed by atoms with van der Waals surface area (Å²) in [5, 5.41) is 11.4. The summed E-state index contributed by atoms with van der Waals surface area (Å²) >= 11 is 0. The number of benzene rings is 1. The van der Waals surface area contributed by atoms with Gasteiger partial charge >= 0.3 is 6.01 Å². The van der Waals surface area contributed by atoms with Gasteiger partial charge in [0.2, 0.25) is 0 Å². The van der Waals surface area contributed by atoms with Crippen molar-refractivity contribution in [1.29, 1.82) is 0 Å². The number of rotatable bonds is 5. The van der Waals surface area contributed by atoms with Crippen molar-refractivity contribution in [3.8, 4) is 6.01 Å². The summed E-state index contributed by atoms with van der Waals surface area (Å²) < 4.78 is 5.33. The summed E-state index contributed by atoms with van der Waals surface area (Å²) in [6.45, 7) is 3.42. The lowest BCUT2D eigenvalue weighted by atomic mass is 9.73. The van der Waals surface area contributed by atoms with E-state index < -0.39 is 5.60 Å². The molecule has 2 bridgehead atoms. The molecule has 5 heteroatoms. The predicted octanol–water partition coefficient (Wildman–Crippen LogP) is 3.28. The van der Waals surface area contributed by atoms with Gasteiger partial charge < -0.3 is 9.84 Å². The normalized spacial score (nSPS) is 28.7. The molecule has 0 radical (unpaired) electrons. The molecule has 26 heavy (non-hydrogen) atoms. The minimum absolute atomic E-state index is 0.376.